The summed E-state index contributed by atoms with van der Waals surface area (Å²) in [4.78, 5) is 16.5. The first-order valence-corrected chi connectivity index (χ1v) is 10.7. The van der Waals surface area contributed by atoms with E-state index in [2.05, 4.69) is 15.9 Å². The largest absolute Gasteiger partial charge is 0.495 e. The summed E-state index contributed by atoms with van der Waals surface area (Å²) >= 11 is 3.42. The van der Waals surface area contributed by atoms with Crippen LogP contribution < -0.4 is 14.5 Å². The van der Waals surface area contributed by atoms with E-state index in [1.165, 1.54) is 7.11 Å². The van der Waals surface area contributed by atoms with Gasteiger partial charge in [-0.25, -0.2) is 13.2 Å². The number of halogens is 1. The van der Waals surface area contributed by atoms with E-state index >= 15 is 0 Å². The smallest absolute Gasteiger partial charge is 0.329 e. The Bertz CT molecular complexity index is 979. The summed E-state index contributed by atoms with van der Waals surface area (Å²) in [6, 6.07) is 13.4. The Morgan fingerprint density at radius 1 is 1.04 bits per heavy atom. The average molecular weight is 437 g/mol. The summed E-state index contributed by atoms with van der Waals surface area (Å²) in [5, 5.41) is 0. The van der Waals surface area contributed by atoms with Crippen molar-refractivity contribution >= 4 is 43.2 Å². The SMILES string of the molecule is COc1ccccc1N1C(=O)N(c2cccc(Br)c2)C2CS(=O)(=O)CC21. The van der Waals surface area contributed by atoms with Crippen LogP contribution in [0.5, 0.6) is 5.75 Å². The molecule has 4 rings (SSSR count). The number of methoxy groups -OCH3 is 1. The Balaban J connectivity index is 1.84. The van der Waals surface area contributed by atoms with Gasteiger partial charge in [-0.2, -0.15) is 0 Å². The van der Waals surface area contributed by atoms with Gasteiger partial charge in [0, 0.05) is 10.2 Å². The van der Waals surface area contributed by atoms with Crippen molar-refractivity contribution in [3.8, 4) is 5.75 Å². The van der Waals surface area contributed by atoms with Crippen molar-refractivity contribution in [3.05, 3.63) is 53.0 Å². The molecule has 0 saturated carbocycles. The summed E-state index contributed by atoms with van der Waals surface area (Å²) in [5.41, 5.74) is 1.26. The average Bonchev–Trinajstić information content (AvgIpc) is 3.03. The number of ether oxygens (including phenoxy) is 1. The van der Waals surface area contributed by atoms with Crippen LogP contribution in [0, 0.1) is 0 Å². The fraction of sp³-hybridized carbons (Fsp3) is 0.278. The monoisotopic (exact) mass is 436 g/mol. The molecule has 2 fully saturated rings. The van der Waals surface area contributed by atoms with Crippen molar-refractivity contribution in [1.82, 2.24) is 0 Å². The van der Waals surface area contributed by atoms with Gasteiger partial charge < -0.3 is 4.74 Å². The van der Waals surface area contributed by atoms with Gasteiger partial charge in [-0.05, 0) is 30.3 Å². The lowest BCUT2D eigenvalue weighted by Crippen LogP contribution is -2.38. The lowest BCUT2D eigenvalue weighted by Gasteiger charge is -2.24. The molecule has 26 heavy (non-hydrogen) atoms. The number of hydrogen-bond donors (Lipinski definition) is 0. The zero-order valence-electron chi connectivity index (χ0n) is 14.0. The zero-order valence-corrected chi connectivity index (χ0v) is 16.4. The van der Waals surface area contributed by atoms with Crippen molar-refractivity contribution in [2.75, 3.05) is 28.4 Å². The molecule has 136 valence electrons. The number of nitrogens with zero attached hydrogens (tertiary/aromatic N) is 2. The summed E-state index contributed by atoms with van der Waals surface area (Å²) in [6.45, 7) is 0. The van der Waals surface area contributed by atoms with Crippen LogP contribution in [-0.2, 0) is 9.84 Å². The van der Waals surface area contributed by atoms with Crippen molar-refractivity contribution in [2.45, 2.75) is 12.1 Å². The van der Waals surface area contributed by atoms with Crippen LogP contribution in [-0.4, -0.2) is 45.1 Å². The summed E-state index contributed by atoms with van der Waals surface area (Å²) < 4.78 is 30.9. The van der Waals surface area contributed by atoms with Crippen molar-refractivity contribution < 1.29 is 17.9 Å². The second-order valence-corrected chi connectivity index (χ2v) is 9.46. The minimum atomic E-state index is -3.23. The zero-order chi connectivity index (χ0) is 18.5. The number of anilines is 2. The third-order valence-corrected chi connectivity index (χ3v) is 6.99. The molecular weight excluding hydrogens is 420 g/mol. The number of urea groups is 1. The Labute approximate surface area is 160 Å². The molecule has 2 aliphatic heterocycles. The molecule has 2 unspecified atom stereocenters. The molecule has 0 bridgehead atoms. The molecule has 2 atom stereocenters. The maximum absolute atomic E-state index is 13.3. The Morgan fingerprint density at radius 2 is 1.73 bits per heavy atom. The highest BCUT2D eigenvalue weighted by Gasteiger charge is 2.55. The first-order chi connectivity index (χ1) is 12.4. The highest BCUT2D eigenvalue weighted by Crippen LogP contribution is 2.41. The number of benzene rings is 2. The predicted octanol–water partition coefficient (Wildman–Crippen LogP) is 3.07. The molecule has 0 aromatic heterocycles. The number of amides is 2. The van der Waals surface area contributed by atoms with Gasteiger partial charge in [0.05, 0.1) is 36.4 Å². The Morgan fingerprint density at radius 3 is 2.42 bits per heavy atom. The van der Waals surface area contributed by atoms with Gasteiger partial charge in [0.2, 0.25) is 0 Å². The normalized spacial score (nSPS) is 24.0. The van der Waals surface area contributed by atoms with E-state index in [0.717, 1.165) is 4.47 Å². The number of carbonyl (C=O) groups is 1. The van der Waals surface area contributed by atoms with E-state index in [1.54, 1.807) is 21.9 Å². The first kappa shape index (κ1) is 17.4. The van der Waals surface area contributed by atoms with Gasteiger partial charge in [0.25, 0.3) is 0 Å². The topological polar surface area (TPSA) is 66.9 Å². The summed E-state index contributed by atoms with van der Waals surface area (Å²) in [7, 11) is -1.69. The fourth-order valence-corrected chi connectivity index (χ4v) is 6.05. The van der Waals surface area contributed by atoms with Gasteiger partial charge in [0.1, 0.15) is 5.75 Å². The van der Waals surface area contributed by atoms with Crippen LogP contribution >= 0.6 is 15.9 Å². The van der Waals surface area contributed by atoms with Crippen LogP contribution in [0.3, 0.4) is 0 Å². The second-order valence-electron chi connectivity index (χ2n) is 6.39. The van der Waals surface area contributed by atoms with Crippen LogP contribution in [0.2, 0.25) is 0 Å². The van der Waals surface area contributed by atoms with E-state index in [0.29, 0.717) is 17.1 Å². The number of sulfone groups is 1. The predicted molar refractivity (Wildman–Crippen MR) is 104 cm³/mol. The Kier molecular flexibility index (Phi) is 4.19. The molecule has 2 heterocycles. The summed E-state index contributed by atoms with van der Waals surface area (Å²) in [5.74, 6) is 0.452. The van der Waals surface area contributed by atoms with Gasteiger partial charge in [-0.3, -0.25) is 9.80 Å². The van der Waals surface area contributed by atoms with E-state index in [-0.39, 0.29) is 17.5 Å². The highest BCUT2D eigenvalue weighted by molar-refractivity contribution is 9.10. The number of para-hydroxylation sites is 2. The van der Waals surface area contributed by atoms with Gasteiger partial charge in [-0.15, -0.1) is 0 Å². The van der Waals surface area contributed by atoms with E-state index in [4.69, 9.17) is 4.74 Å². The Hall–Kier alpha value is -2.06. The molecule has 6 nitrogen and oxygen atoms in total. The lowest BCUT2D eigenvalue weighted by atomic mass is 10.1. The quantitative estimate of drug-likeness (QED) is 0.693. The third-order valence-electron chi connectivity index (χ3n) is 4.80. The molecule has 0 spiro atoms. The van der Waals surface area contributed by atoms with Gasteiger partial charge in [-0.1, -0.05) is 34.1 Å². The molecule has 0 aliphatic carbocycles. The molecular formula is C18H17BrN2O4S. The second kappa shape index (κ2) is 6.28. The first-order valence-electron chi connectivity index (χ1n) is 8.13. The number of carbonyl (C=O) groups excluding carboxylic acids is 1. The number of hydrogen-bond acceptors (Lipinski definition) is 4. The molecule has 0 radical (unpaired) electrons. The standard InChI is InChI=1S/C18H17BrN2O4S/c1-25-17-8-3-2-7-14(17)21-16-11-26(23,24)10-15(16)20(18(21)22)13-6-4-5-12(19)9-13/h2-9,15-16H,10-11H2,1H3. The van der Waals surface area contributed by atoms with Crippen LogP contribution in [0.25, 0.3) is 0 Å². The van der Waals surface area contributed by atoms with Crippen LogP contribution in [0.1, 0.15) is 0 Å². The van der Waals surface area contributed by atoms with E-state index < -0.39 is 21.9 Å². The molecule has 0 N–H and O–H groups in total. The minimum Gasteiger partial charge on any atom is -0.495 e. The molecule has 2 aromatic carbocycles. The van der Waals surface area contributed by atoms with Crippen LogP contribution in [0.4, 0.5) is 16.2 Å². The third kappa shape index (κ3) is 2.77. The van der Waals surface area contributed by atoms with Gasteiger partial charge >= 0.3 is 6.03 Å². The van der Waals surface area contributed by atoms with Crippen molar-refractivity contribution in [3.63, 3.8) is 0 Å². The lowest BCUT2D eigenvalue weighted by molar-refractivity contribution is 0.255. The minimum absolute atomic E-state index is 0.0401. The fourth-order valence-electron chi connectivity index (χ4n) is 3.74. The number of fused-ring (bicyclic) bond motifs is 1. The van der Waals surface area contributed by atoms with E-state index in [9.17, 15) is 13.2 Å². The summed E-state index contributed by atoms with van der Waals surface area (Å²) in [6.07, 6.45) is 0. The molecule has 2 aliphatic rings. The van der Waals surface area contributed by atoms with Crippen LogP contribution in [0.15, 0.2) is 53.0 Å². The molecule has 8 heteroatoms. The maximum Gasteiger partial charge on any atom is 0.329 e. The van der Waals surface area contributed by atoms with Crippen molar-refractivity contribution in [1.29, 1.82) is 0 Å². The number of rotatable bonds is 3. The molecule has 2 amide bonds. The van der Waals surface area contributed by atoms with Gasteiger partial charge in [0.15, 0.2) is 9.84 Å². The van der Waals surface area contributed by atoms with E-state index in [1.807, 2.05) is 36.4 Å². The molecule has 2 aromatic rings. The maximum atomic E-state index is 13.3. The molecule has 2 saturated heterocycles. The van der Waals surface area contributed by atoms with Crippen molar-refractivity contribution in [2.24, 2.45) is 0 Å². The highest BCUT2D eigenvalue weighted by atomic mass is 79.9.